The lowest BCUT2D eigenvalue weighted by Crippen LogP contribution is -2.26. The molecule has 0 radical (unpaired) electrons. The van der Waals surface area contributed by atoms with Gasteiger partial charge in [0.1, 0.15) is 0 Å². The van der Waals surface area contributed by atoms with Crippen LogP contribution in [-0.2, 0) is 15.8 Å². The van der Waals surface area contributed by atoms with Crippen molar-refractivity contribution in [2.24, 2.45) is 0 Å². The molecule has 0 atom stereocenters. The Labute approximate surface area is 95.2 Å². The number of aryl methyl sites for hydroxylation is 1. The zero-order chi connectivity index (χ0) is 11.5. The molecule has 3 nitrogen and oxygen atoms in total. The molecular weight excluding hydrogens is 234 g/mol. The molecule has 0 amide bonds. The molecular formula is C10H14ClNO2S. The van der Waals surface area contributed by atoms with Gasteiger partial charge in [-0.25, -0.2) is 0 Å². The quantitative estimate of drug-likeness (QED) is 0.766. The third-order valence-corrected chi connectivity index (χ3v) is 3.86. The summed E-state index contributed by atoms with van der Waals surface area (Å²) >= 11 is 0. The predicted octanol–water partition coefficient (Wildman–Crippen LogP) is 2.30. The molecule has 0 aromatic heterocycles. The van der Waals surface area contributed by atoms with Gasteiger partial charge < -0.3 is 0 Å². The van der Waals surface area contributed by atoms with E-state index in [2.05, 4.69) is 0 Å². The summed E-state index contributed by atoms with van der Waals surface area (Å²) < 4.78 is 23.6. The first-order valence-corrected chi connectivity index (χ1v) is 6.96. The Hall–Kier alpha value is -0.580. The summed E-state index contributed by atoms with van der Waals surface area (Å²) in [6.45, 7) is 4.41. The summed E-state index contributed by atoms with van der Waals surface area (Å²) in [5.41, 5.74) is 2.04. The Balaban J connectivity index is 2.90. The minimum Gasteiger partial charge on any atom is -0.195 e. The maximum Gasteiger partial charge on any atom is 0.300 e. The van der Waals surface area contributed by atoms with Gasteiger partial charge in [-0.1, -0.05) is 31.2 Å². The van der Waals surface area contributed by atoms with Gasteiger partial charge in [-0.05, 0) is 18.1 Å². The average molecular weight is 248 g/mol. The molecule has 0 saturated heterocycles. The summed E-state index contributed by atoms with van der Waals surface area (Å²) in [7, 11) is 1.68. The van der Waals surface area contributed by atoms with E-state index in [0.717, 1.165) is 11.1 Å². The van der Waals surface area contributed by atoms with Gasteiger partial charge in [-0.2, -0.15) is 12.7 Å². The van der Waals surface area contributed by atoms with Crippen molar-refractivity contribution in [3.63, 3.8) is 0 Å². The van der Waals surface area contributed by atoms with Crippen LogP contribution in [0.2, 0.25) is 0 Å². The van der Waals surface area contributed by atoms with Crippen LogP contribution in [0.5, 0.6) is 0 Å². The molecule has 1 aromatic carbocycles. The second-order valence-corrected chi connectivity index (χ2v) is 5.81. The zero-order valence-corrected chi connectivity index (χ0v) is 10.3. The minimum absolute atomic E-state index is 0.328. The average Bonchev–Trinajstić information content (AvgIpc) is 2.14. The number of hydrogen-bond donors (Lipinski definition) is 0. The first-order chi connectivity index (χ1) is 6.95. The summed E-state index contributed by atoms with van der Waals surface area (Å²) in [4.78, 5) is 0. The van der Waals surface area contributed by atoms with Crippen LogP contribution in [0.25, 0.3) is 0 Å². The Morgan fingerprint density at radius 3 is 2.40 bits per heavy atom. The van der Waals surface area contributed by atoms with E-state index in [1.807, 2.05) is 31.2 Å². The van der Waals surface area contributed by atoms with Gasteiger partial charge in [-0.15, -0.1) is 0 Å². The van der Waals surface area contributed by atoms with Crippen LogP contribution < -0.4 is 0 Å². The lowest BCUT2D eigenvalue weighted by atomic mass is 10.1. The molecule has 15 heavy (non-hydrogen) atoms. The number of rotatable bonds is 4. The van der Waals surface area contributed by atoms with Crippen LogP contribution in [0.3, 0.4) is 0 Å². The Morgan fingerprint density at radius 2 is 1.93 bits per heavy atom. The van der Waals surface area contributed by atoms with E-state index in [1.54, 1.807) is 6.92 Å². The highest BCUT2D eigenvalue weighted by Gasteiger charge is 2.17. The highest BCUT2D eigenvalue weighted by molar-refractivity contribution is 8.11. The topological polar surface area (TPSA) is 37.4 Å². The summed E-state index contributed by atoms with van der Waals surface area (Å²) in [5.74, 6) is 0. The van der Waals surface area contributed by atoms with Gasteiger partial charge in [0.2, 0.25) is 0 Å². The van der Waals surface area contributed by atoms with Crippen molar-refractivity contribution in [1.82, 2.24) is 4.31 Å². The van der Waals surface area contributed by atoms with Crippen molar-refractivity contribution >= 4 is 19.9 Å². The normalized spacial score (nSPS) is 12.0. The molecule has 0 bridgehead atoms. The van der Waals surface area contributed by atoms with E-state index in [1.165, 1.54) is 4.31 Å². The van der Waals surface area contributed by atoms with Crippen LogP contribution in [0.15, 0.2) is 24.3 Å². The van der Waals surface area contributed by atoms with Crippen molar-refractivity contribution in [2.45, 2.75) is 20.4 Å². The lowest BCUT2D eigenvalue weighted by Gasteiger charge is -2.17. The lowest BCUT2D eigenvalue weighted by molar-refractivity contribution is 0.434. The fourth-order valence-corrected chi connectivity index (χ4v) is 2.36. The molecule has 0 aliphatic rings. The van der Waals surface area contributed by atoms with Crippen molar-refractivity contribution in [2.75, 3.05) is 6.54 Å². The SMILES string of the molecule is CCN(Cc1ccccc1C)S(=O)(=O)Cl. The summed E-state index contributed by atoms with van der Waals surface area (Å²) in [6, 6.07) is 7.66. The Kier molecular flexibility index (Phi) is 4.13. The molecule has 1 rings (SSSR count). The van der Waals surface area contributed by atoms with Crippen molar-refractivity contribution in [1.29, 1.82) is 0 Å². The Bertz CT molecular complexity index is 431. The van der Waals surface area contributed by atoms with E-state index >= 15 is 0 Å². The van der Waals surface area contributed by atoms with Gasteiger partial charge in [0.15, 0.2) is 0 Å². The number of halogens is 1. The predicted molar refractivity (Wildman–Crippen MR) is 62.0 cm³/mol. The summed E-state index contributed by atoms with van der Waals surface area (Å²) in [6.07, 6.45) is 0. The molecule has 0 N–H and O–H groups in total. The van der Waals surface area contributed by atoms with Crippen LogP contribution in [0.1, 0.15) is 18.1 Å². The molecule has 0 aliphatic heterocycles. The molecule has 0 aliphatic carbocycles. The van der Waals surface area contributed by atoms with Crippen molar-refractivity contribution < 1.29 is 8.42 Å². The number of hydrogen-bond acceptors (Lipinski definition) is 2. The molecule has 0 fully saturated rings. The molecule has 0 saturated carbocycles. The number of benzene rings is 1. The third kappa shape index (κ3) is 3.48. The molecule has 0 spiro atoms. The number of nitrogens with zero attached hydrogens (tertiary/aromatic N) is 1. The first-order valence-electron chi connectivity index (χ1n) is 4.69. The third-order valence-electron chi connectivity index (χ3n) is 2.27. The van der Waals surface area contributed by atoms with E-state index in [0.29, 0.717) is 13.1 Å². The maximum atomic E-state index is 11.2. The monoisotopic (exact) mass is 247 g/mol. The molecule has 0 heterocycles. The van der Waals surface area contributed by atoms with Gasteiger partial charge in [0.25, 0.3) is 9.24 Å². The first kappa shape index (κ1) is 12.5. The van der Waals surface area contributed by atoms with Gasteiger partial charge in [-0.3, -0.25) is 0 Å². The van der Waals surface area contributed by atoms with Crippen molar-refractivity contribution in [3.8, 4) is 0 Å². The molecule has 0 unspecified atom stereocenters. The van der Waals surface area contributed by atoms with Crippen LogP contribution in [-0.4, -0.2) is 19.3 Å². The van der Waals surface area contributed by atoms with Gasteiger partial charge >= 0.3 is 0 Å². The van der Waals surface area contributed by atoms with Crippen LogP contribution >= 0.6 is 10.7 Å². The molecule has 5 heteroatoms. The maximum absolute atomic E-state index is 11.2. The van der Waals surface area contributed by atoms with E-state index in [4.69, 9.17) is 10.7 Å². The fraction of sp³-hybridized carbons (Fsp3) is 0.400. The van der Waals surface area contributed by atoms with E-state index < -0.39 is 9.24 Å². The van der Waals surface area contributed by atoms with E-state index in [9.17, 15) is 8.42 Å². The summed E-state index contributed by atoms with van der Waals surface area (Å²) in [5, 5.41) is 0. The largest absolute Gasteiger partial charge is 0.300 e. The van der Waals surface area contributed by atoms with Crippen LogP contribution in [0.4, 0.5) is 0 Å². The van der Waals surface area contributed by atoms with Gasteiger partial charge in [0, 0.05) is 23.8 Å². The second kappa shape index (κ2) is 4.96. The highest BCUT2D eigenvalue weighted by Crippen LogP contribution is 2.14. The van der Waals surface area contributed by atoms with Gasteiger partial charge in [0.05, 0.1) is 0 Å². The van der Waals surface area contributed by atoms with Crippen LogP contribution in [0, 0.1) is 6.92 Å². The zero-order valence-electron chi connectivity index (χ0n) is 8.77. The highest BCUT2D eigenvalue weighted by atomic mass is 35.7. The van der Waals surface area contributed by atoms with E-state index in [-0.39, 0.29) is 0 Å². The van der Waals surface area contributed by atoms with Crippen molar-refractivity contribution in [3.05, 3.63) is 35.4 Å². The smallest absolute Gasteiger partial charge is 0.195 e. The molecule has 1 aromatic rings. The molecule has 84 valence electrons. The Morgan fingerprint density at radius 1 is 1.33 bits per heavy atom. The second-order valence-electron chi connectivity index (χ2n) is 3.29. The minimum atomic E-state index is -3.62. The fourth-order valence-electron chi connectivity index (χ4n) is 1.32. The standard InChI is InChI=1S/C10H14ClNO2S/c1-3-12(15(11,13)14)8-10-7-5-4-6-9(10)2/h4-7H,3,8H2,1-2H3.